The van der Waals surface area contributed by atoms with Gasteiger partial charge < -0.3 is 24.2 Å². The number of likely N-dealkylation sites (tertiary alicyclic amines) is 1. The van der Waals surface area contributed by atoms with Crippen LogP contribution in [0.4, 0.5) is 0 Å². The Morgan fingerprint density at radius 2 is 1.97 bits per heavy atom. The largest absolute Gasteiger partial charge is 0.507 e. The number of ketones is 1. The van der Waals surface area contributed by atoms with Crippen molar-refractivity contribution in [2.45, 2.75) is 25.0 Å². The van der Waals surface area contributed by atoms with E-state index in [1.165, 1.54) is 4.90 Å². The van der Waals surface area contributed by atoms with Gasteiger partial charge in [-0.3, -0.25) is 14.6 Å². The maximum Gasteiger partial charge on any atom is 0.295 e. The molecule has 0 aliphatic carbocycles. The van der Waals surface area contributed by atoms with E-state index in [4.69, 9.17) is 14.2 Å². The van der Waals surface area contributed by atoms with Gasteiger partial charge in [-0.05, 0) is 42.7 Å². The lowest BCUT2D eigenvalue weighted by molar-refractivity contribution is -0.140. The van der Waals surface area contributed by atoms with Crippen molar-refractivity contribution in [2.24, 2.45) is 0 Å². The van der Waals surface area contributed by atoms with Crippen LogP contribution in [0, 0.1) is 0 Å². The van der Waals surface area contributed by atoms with Gasteiger partial charge in [0.05, 0.1) is 17.7 Å². The number of fused-ring (bicyclic) bond motifs is 1. The van der Waals surface area contributed by atoms with Gasteiger partial charge in [0.15, 0.2) is 11.5 Å². The van der Waals surface area contributed by atoms with Crippen LogP contribution in [-0.2, 0) is 14.3 Å². The van der Waals surface area contributed by atoms with Crippen molar-refractivity contribution in [1.82, 2.24) is 9.88 Å². The molecule has 1 N–H and O–H groups in total. The Morgan fingerprint density at radius 3 is 2.71 bits per heavy atom. The number of pyridine rings is 1. The number of nitrogens with zero attached hydrogens (tertiary/aromatic N) is 2. The second kappa shape index (κ2) is 8.03. The van der Waals surface area contributed by atoms with Crippen molar-refractivity contribution in [1.29, 1.82) is 0 Å². The molecule has 3 aliphatic rings. The number of carbonyl (C=O) groups is 2. The molecule has 31 heavy (non-hydrogen) atoms. The Bertz CT molecular complexity index is 1050. The van der Waals surface area contributed by atoms with E-state index in [1.54, 1.807) is 42.7 Å². The number of rotatable bonds is 4. The van der Waals surface area contributed by atoms with Gasteiger partial charge in [-0.15, -0.1) is 0 Å². The minimum Gasteiger partial charge on any atom is -0.507 e. The molecular weight excluding hydrogens is 400 g/mol. The Labute approximate surface area is 179 Å². The molecule has 0 saturated carbocycles. The van der Waals surface area contributed by atoms with Crippen LogP contribution in [0.25, 0.3) is 5.76 Å². The normalized spacial score (nSPS) is 24.6. The summed E-state index contributed by atoms with van der Waals surface area (Å²) in [6.45, 7) is 1.78. The Balaban J connectivity index is 1.59. The first kappa shape index (κ1) is 19.6. The Morgan fingerprint density at radius 1 is 1.13 bits per heavy atom. The number of carbonyl (C=O) groups excluding carboxylic acids is 2. The quantitative estimate of drug-likeness (QED) is 0.459. The number of benzene rings is 1. The molecule has 1 aromatic heterocycles. The van der Waals surface area contributed by atoms with Crippen LogP contribution < -0.4 is 9.47 Å². The van der Waals surface area contributed by atoms with Crippen LogP contribution in [-0.4, -0.2) is 59.2 Å². The summed E-state index contributed by atoms with van der Waals surface area (Å²) < 4.78 is 16.8. The molecule has 2 atom stereocenters. The summed E-state index contributed by atoms with van der Waals surface area (Å²) in [4.78, 5) is 31.7. The molecule has 2 fully saturated rings. The van der Waals surface area contributed by atoms with Crippen molar-refractivity contribution in [3.8, 4) is 11.5 Å². The fourth-order valence-electron chi connectivity index (χ4n) is 4.31. The van der Waals surface area contributed by atoms with Gasteiger partial charge in [-0.1, -0.05) is 6.07 Å². The van der Waals surface area contributed by atoms with E-state index in [-0.39, 0.29) is 24.0 Å². The van der Waals surface area contributed by atoms with E-state index in [2.05, 4.69) is 4.98 Å². The first-order valence-electron chi connectivity index (χ1n) is 10.3. The molecule has 8 heteroatoms. The van der Waals surface area contributed by atoms with E-state index in [0.717, 1.165) is 12.8 Å². The van der Waals surface area contributed by atoms with E-state index in [9.17, 15) is 14.7 Å². The number of hydrogen-bond acceptors (Lipinski definition) is 7. The molecule has 8 nitrogen and oxygen atoms in total. The van der Waals surface area contributed by atoms with E-state index >= 15 is 0 Å². The van der Waals surface area contributed by atoms with Crippen LogP contribution >= 0.6 is 0 Å². The van der Waals surface area contributed by atoms with Crippen LogP contribution in [0.5, 0.6) is 11.5 Å². The average molecular weight is 422 g/mol. The summed E-state index contributed by atoms with van der Waals surface area (Å²) in [5.41, 5.74) is 1.07. The van der Waals surface area contributed by atoms with Gasteiger partial charge >= 0.3 is 0 Å². The third-order valence-electron chi connectivity index (χ3n) is 5.78. The highest BCUT2D eigenvalue weighted by Crippen LogP contribution is 2.41. The Kier molecular flexibility index (Phi) is 5.07. The first-order valence-corrected chi connectivity index (χ1v) is 10.3. The maximum absolute atomic E-state index is 13.1. The third-order valence-corrected chi connectivity index (χ3v) is 5.78. The highest BCUT2D eigenvalue weighted by atomic mass is 16.6. The van der Waals surface area contributed by atoms with Crippen molar-refractivity contribution in [3.05, 3.63) is 59.4 Å². The van der Waals surface area contributed by atoms with Crippen molar-refractivity contribution < 1.29 is 28.9 Å². The molecule has 0 unspecified atom stereocenters. The first-order chi connectivity index (χ1) is 15.1. The molecule has 1 amide bonds. The molecule has 0 radical (unpaired) electrons. The average Bonchev–Trinajstić information content (AvgIpc) is 3.41. The number of Topliss-reactive ketones (excluding diaryl/α,β-unsaturated/α-hetero) is 1. The third kappa shape index (κ3) is 3.53. The zero-order valence-electron chi connectivity index (χ0n) is 16.8. The van der Waals surface area contributed by atoms with Gasteiger partial charge in [-0.2, -0.15) is 0 Å². The van der Waals surface area contributed by atoms with E-state index in [0.29, 0.717) is 42.4 Å². The molecule has 2 saturated heterocycles. The molecular formula is C23H22N2O6. The lowest BCUT2D eigenvalue weighted by Crippen LogP contribution is -2.36. The lowest BCUT2D eigenvalue weighted by atomic mass is 9.96. The Hall–Kier alpha value is -3.39. The molecule has 0 bridgehead atoms. The van der Waals surface area contributed by atoms with Crippen molar-refractivity contribution in [3.63, 3.8) is 0 Å². The SMILES string of the molecule is O=C1C(=O)N(C[C@H]2CCCO2)[C@H](c2cccnc2)C1=C(O)c1ccc2c(c1)OCCO2. The standard InChI is InChI=1S/C23H22N2O6/c26-21(14-5-6-17-18(11-14)31-10-9-30-17)19-20(15-3-1-7-24-12-15)25(23(28)22(19)27)13-16-4-2-8-29-16/h1,3,5-7,11-12,16,20,26H,2,4,8-10,13H2/t16-,20-/m1/s1. The summed E-state index contributed by atoms with van der Waals surface area (Å²) in [6, 6.07) is 7.75. The molecule has 4 heterocycles. The summed E-state index contributed by atoms with van der Waals surface area (Å²) in [5, 5.41) is 11.2. The lowest BCUT2D eigenvalue weighted by Gasteiger charge is -2.27. The van der Waals surface area contributed by atoms with Crippen LogP contribution in [0.2, 0.25) is 0 Å². The molecule has 160 valence electrons. The summed E-state index contributed by atoms with van der Waals surface area (Å²) in [7, 11) is 0. The zero-order chi connectivity index (χ0) is 21.4. The second-order valence-corrected chi connectivity index (χ2v) is 7.73. The summed E-state index contributed by atoms with van der Waals surface area (Å²) in [6.07, 6.45) is 4.84. The van der Waals surface area contributed by atoms with Gasteiger partial charge in [0, 0.05) is 31.1 Å². The minimum atomic E-state index is -0.744. The molecule has 5 rings (SSSR count). The summed E-state index contributed by atoms with van der Waals surface area (Å²) in [5.74, 6) is -0.561. The topological polar surface area (TPSA) is 98.2 Å². The fourth-order valence-corrected chi connectivity index (χ4v) is 4.31. The maximum atomic E-state index is 13.1. The highest BCUT2D eigenvalue weighted by Gasteiger charge is 2.47. The monoisotopic (exact) mass is 422 g/mol. The van der Waals surface area contributed by atoms with Gasteiger partial charge in [0.2, 0.25) is 0 Å². The number of ether oxygens (including phenoxy) is 3. The number of aromatic nitrogens is 1. The van der Waals surface area contributed by atoms with Gasteiger partial charge in [0.1, 0.15) is 19.0 Å². The van der Waals surface area contributed by atoms with E-state index in [1.807, 2.05) is 0 Å². The number of aliphatic hydroxyl groups is 1. The minimum absolute atomic E-state index is 0.0349. The van der Waals surface area contributed by atoms with E-state index < -0.39 is 17.7 Å². The predicted molar refractivity (Wildman–Crippen MR) is 110 cm³/mol. The second-order valence-electron chi connectivity index (χ2n) is 7.73. The predicted octanol–water partition coefficient (Wildman–Crippen LogP) is 2.45. The highest BCUT2D eigenvalue weighted by molar-refractivity contribution is 6.46. The molecule has 0 spiro atoms. The smallest absolute Gasteiger partial charge is 0.295 e. The van der Waals surface area contributed by atoms with Crippen molar-refractivity contribution in [2.75, 3.05) is 26.4 Å². The number of hydrogen-bond donors (Lipinski definition) is 1. The van der Waals surface area contributed by atoms with Gasteiger partial charge in [-0.25, -0.2) is 0 Å². The van der Waals surface area contributed by atoms with Crippen molar-refractivity contribution >= 4 is 17.4 Å². The fraction of sp³-hybridized carbons (Fsp3) is 0.348. The molecule has 3 aliphatic heterocycles. The number of aliphatic hydroxyl groups excluding tert-OH is 1. The number of amides is 1. The molecule has 1 aromatic carbocycles. The van der Waals surface area contributed by atoms with Crippen LogP contribution in [0.15, 0.2) is 48.3 Å². The zero-order valence-corrected chi connectivity index (χ0v) is 16.8. The van der Waals surface area contributed by atoms with Gasteiger partial charge in [0.25, 0.3) is 11.7 Å². The molecule has 2 aromatic rings. The van der Waals surface area contributed by atoms with Crippen LogP contribution in [0.1, 0.15) is 30.0 Å². The van der Waals surface area contributed by atoms with Crippen LogP contribution in [0.3, 0.4) is 0 Å². The summed E-state index contributed by atoms with van der Waals surface area (Å²) >= 11 is 0.